The Morgan fingerprint density at radius 3 is 2.11 bits per heavy atom. The summed E-state index contributed by atoms with van der Waals surface area (Å²) in [6.45, 7) is 2.55. The first-order chi connectivity index (χ1) is 8.58. The first-order valence-corrected chi connectivity index (χ1v) is 5.63. The fourth-order valence-electron chi connectivity index (χ4n) is 1.41. The molecule has 5 heteroatoms. The molecule has 0 saturated heterocycles. The van der Waals surface area contributed by atoms with E-state index in [2.05, 4.69) is 15.0 Å². The quantitative estimate of drug-likeness (QED) is 0.610. The minimum atomic E-state index is 0.294. The summed E-state index contributed by atoms with van der Waals surface area (Å²) in [6, 6.07) is 8.12. The number of hydrogen-bond donors (Lipinski definition) is 2. The van der Waals surface area contributed by atoms with Gasteiger partial charge in [0, 0.05) is 14.1 Å². The largest absolute Gasteiger partial charge is 0.382 e. The number of aryl methyl sites for hydroxylation is 1. The SMILES string of the molecule is CN=C(N)C(=NC)C(N)=NCc1ccc(C)cc1. The molecular weight excluding hydrogens is 226 g/mol. The normalized spacial score (nSPS) is 13.8. The highest BCUT2D eigenvalue weighted by Crippen LogP contribution is 2.04. The summed E-state index contributed by atoms with van der Waals surface area (Å²) in [5.74, 6) is 0.601. The Morgan fingerprint density at radius 1 is 1.00 bits per heavy atom. The highest BCUT2D eigenvalue weighted by Gasteiger charge is 2.07. The van der Waals surface area contributed by atoms with Crippen LogP contribution in [0.3, 0.4) is 0 Å². The molecule has 0 fully saturated rings. The van der Waals surface area contributed by atoms with Gasteiger partial charge in [-0.2, -0.15) is 0 Å². The van der Waals surface area contributed by atoms with Gasteiger partial charge in [0.2, 0.25) is 0 Å². The number of nitrogens with zero attached hydrogens (tertiary/aromatic N) is 3. The summed E-state index contributed by atoms with van der Waals surface area (Å²) < 4.78 is 0. The smallest absolute Gasteiger partial charge is 0.148 e. The Hall–Kier alpha value is -2.17. The van der Waals surface area contributed by atoms with E-state index < -0.39 is 0 Å². The molecular formula is C13H19N5. The molecule has 96 valence electrons. The van der Waals surface area contributed by atoms with E-state index in [1.165, 1.54) is 5.56 Å². The summed E-state index contributed by atoms with van der Waals surface area (Å²) in [6.07, 6.45) is 0. The molecule has 5 nitrogen and oxygen atoms in total. The van der Waals surface area contributed by atoms with Gasteiger partial charge in [-0.1, -0.05) is 29.8 Å². The third kappa shape index (κ3) is 3.69. The molecule has 4 N–H and O–H groups in total. The number of hydrogen-bond acceptors (Lipinski definition) is 3. The first kappa shape index (κ1) is 13.9. The van der Waals surface area contributed by atoms with Gasteiger partial charge in [0.05, 0.1) is 6.54 Å². The fraction of sp³-hybridized carbons (Fsp3) is 0.308. The summed E-state index contributed by atoms with van der Waals surface area (Å²) in [5.41, 5.74) is 14.3. The molecule has 0 aliphatic carbocycles. The van der Waals surface area contributed by atoms with Gasteiger partial charge >= 0.3 is 0 Å². The van der Waals surface area contributed by atoms with Crippen LogP contribution in [0.25, 0.3) is 0 Å². The van der Waals surface area contributed by atoms with E-state index >= 15 is 0 Å². The van der Waals surface area contributed by atoms with Crippen LogP contribution in [-0.4, -0.2) is 31.5 Å². The highest BCUT2D eigenvalue weighted by molar-refractivity contribution is 6.67. The van der Waals surface area contributed by atoms with E-state index in [1.807, 2.05) is 31.2 Å². The zero-order chi connectivity index (χ0) is 13.5. The zero-order valence-electron chi connectivity index (χ0n) is 11.0. The second kappa shape index (κ2) is 6.54. The van der Waals surface area contributed by atoms with E-state index in [4.69, 9.17) is 11.5 Å². The maximum absolute atomic E-state index is 5.84. The Kier molecular flexibility index (Phi) is 5.05. The Morgan fingerprint density at radius 2 is 1.61 bits per heavy atom. The third-order valence-electron chi connectivity index (χ3n) is 2.50. The standard InChI is InChI=1S/C13H19N5/c1-9-4-6-10(7-5-9)8-18-13(15)11(16-2)12(14)17-3/h4-7H,8H2,1-3H3,(H2,14,17)(H2,15,18). The van der Waals surface area contributed by atoms with Crippen LogP contribution >= 0.6 is 0 Å². The van der Waals surface area contributed by atoms with Crippen molar-refractivity contribution < 1.29 is 0 Å². The molecule has 0 aromatic heterocycles. The minimum Gasteiger partial charge on any atom is -0.382 e. The van der Waals surface area contributed by atoms with E-state index in [0.717, 1.165) is 5.56 Å². The zero-order valence-corrected chi connectivity index (χ0v) is 11.0. The molecule has 18 heavy (non-hydrogen) atoms. The lowest BCUT2D eigenvalue weighted by Crippen LogP contribution is -2.36. The molecule has 0 saturated carbocycles. The van der Waals surface area contributed by atoms with E-state index in [9.17, 15) is 0 Å². The molecule has 0 radical (unpaired) electrons. The van der Waals surface area contributed by atoms with Crippen molar-refractivity contribution in [1.29, 1.82) is 0 Å². The molecule has 0 amide bonds. The van der Waals surface area contributed by atoms with Gasteiger partial charge in [-0.25, -0.2) is 0 Å². The van der Waals surface area contributed by atoms with Crippen molar-refractivity contribution in [1.82, 2.24) is 0 Å². The number of rotatable bonds is 4. The van der Waals surface area contributed by atoms with Crippen LogP contribution in [0.4, 0.5) is 0 Å². The molecule has 0 heterocycles. The average molecular weight is 245 g/mol. The molecule has 1 aromatic rings. The molecule has 0 unspecified atom stereocenters. The summed E-state index contributed by atoms with van der Waals surface area (Å²) in [4.78, 5) is 12.1. The third-order valence-corrected chi connectivity index (χ3v) is 2.50. The van der Waals surface area contributed by atoms with Crippen LogP contribution in [0.2, 0.25) is 0 Å². The molecule has 1 aromatic carbocycles. The summed E-state index contributed by atoms with van der Waals surface area (Å²) in [7, 11) is 3.20. The predicted octanol–water partition coefficient (Wildman–Crippen LogP) is 0.910. The van der Waals surface area contributed by atoms with E-state index in [-0.39, 0.29) is 0 Å². The molecule has 0 spiro atoms. The van der Waals surface area contributed by atoms with Crippen molar-refractivity contribution in [3.05, 3.63) is 35.4 Å². The molecule has 0 aliphatic rings. The average Bonchev–Trinajstić information content (AvgIpc) is 2.38. The van der Waals surface area contributed by atoms with Gasteiger partial charge in [0.15, 0.2) is 0 Å². The molecule has 0 atom stereocenters. The highest BCUT2D eigenvalue weighted by atomic mass is 14.9. The van der Waals surface area contributed by atoms with Crippen LogP contribution in [0.5, 0.6) is 0 Å². The Balaban J connectivity index is 2.81. The van der Waals surface area contributed by atoms with Gasteiger partial charge in [0.25, 0.3) is 0 Å². The van der Waals surface area contributed by atoms with Crippen molar-refractivity contribution in [2.75, 3.05) is 14.1 Å². The van der Waals surface area contributed by atoms with E-state index in [0.29, 0.717) is 23.9 Å². The summed E-state index contributed by atoms with van der Waals surface area (Å²) in [5, 5.41) is 0. The van der Waals surface area contributed by atoms with Crippen molar-refractivity contribution in [3.63, 3.8) is 0 Å². The molecule has 0 aliphatic heterocycles. The first-order valence-electron chi connectivity index (χ1n) is 5.63. The van der Waals surface area contributed by atoms with Crippen LogP contribution < -0.4 is 11.5 Å². The lowest BCUT2D eigenvalue weighted by Gasteiger charge is -2.04. The maximum atomic E-state index is 5.84. The van der Waals surface area contributed by atoms with Crippen molar-refractivity contribution >= 4 is 17.4 Å². The number of nitrogens with two attached hydrogens (primary N) is 2. The van der Waals surface area contributed by atoms with Crippen LogP contribution in [0.1, 0.15) is 11.1 Å². The topological polar surface area (TPSA) is 89.1 Å². The lowest BCUT2D eigenvalue weighted by molar-refractivity contribution is 1.06. The van der Waals surface area contributed by atoms with Crippen LogP contribution in [0.15, 0.2) is 39.2 Å². The monoisotopic (exact) mass is 245 g/mol. The Labute approximate surface area is 107 Å². The second-order valence-corrected chi connectivity index (χ2v) is 3.87. The van der Waals surface area contributed by atoms with Crippen LogP contribution in [0, 0.1) is 6.92 Å². The van der Waals surface area contributed by atoms with Gasteiger partial charge < -0.3 is 11.5 Å². The van der Waals surface area contributed by atoms with Gasteiger partial charge in [-0.05, 0) is 12.5 Å². The van der Waals surface area contributed by atoms with Gasteiger partial charge in [-0.3, -0.25) is 15.0 Å². The van der Waals surface area contributed by atoms with Gasteiger partial charge in [-0.15, -0.1) is 0 Å². The lowest BCUT2D eigenvalue weighted by atomic mass is 10.1. The Bertz CT molecular complexity index is 483. The second-order valence-electron chi connectivity index (χ2n) is 3.87. The van der Waals surface area contributed by atoms with Crippen LogP contribution in [-0.2, 0) is 6.54 Å². The number of aliphatic imine (C=N–C) groups is 3. The maximum Gasteiger partial charge on any atom is 0.148 e. The van der Waals surface area contributed by atoms with E-state index in [1.54, 1.807) is 14.1 Å². The number of amidine groups is 2. The van der Waals surface area contributed by atoms with Crippen molar-refractivity contribution in [2.45, 2.75) is 13.5 Å². The fourth-order valence-corrected chi connectivity index (χ4v) is 1.41. The molecule has 1 rings (SSSR count). The van der Waals surface area contributed by atoms with Gasteiger partial charge in [0.1, 0.15) is 17.4 Å². The number of benzene rings is 1. The predicted molar refractivity (Wildman–Crippen MR) is 77.4 cm³/mol. The molecule has 0 bridgehead atoms. The minimum absolute atomic E-state index is 0.294. The van der Waals surface area contributed by atoms with Crippen molar-refractivity contribution in [2.24, 2.45) is 26.4 Å². The summed E-state index contributed by atoms with van der Waals surface area (Å²) >= 11 is 0. The van der Waals surface area contributed by atoms with Crippen molar-refractivity contribution in [3.8, 4) is 0 Å².